The number of hydrogen-bond donors (Lipinski definition) is 2. The smallest absolute Gasteiger partial charge is 0.326 e. The molecule has 2 unspecified atom stereocenters. The van der Waals surface area contributed by atoms with E-state index in [1.54, 1.807) is 36.4 Å². The Hall–Kier alpha value is -3.45. The molecule has 0 saturated heterocycles. The zero-order valence-corrected chi connectivity index (χ0v) is 18.3. The van der Waals surface area contributed by atoms with Crippen LogP contribution in [0.2, 0.25) is 0 Å². The normalized spacial score (nSPS) is 12.7. The molecule has 2 atom stereocenters. The van der Waals surface area contributed by atoms with E-state index in [0.717, 1.165) is 28.1 Å². The lowest BCUT2D eigenvalue weighted by molar-refractivity contribution is -0.141. The van der Waals surface area contributed by atoms with Crippen LogP contribution in [0, 0.1) is 0 Å². The first kappa shape index (κ1) is 23.2. The highest BCUT2D eigenvalue weighted by Crippen LogP contribution is 2.26. The predicted octanol–water partition coefficient (Wildman–Crippen LogP) is 3.87. The fourth-order valence-electron chi connectivity index (χ4n) is 3.47. The quantitative estimate of drug-likeness (QED) is 0.481. The van der Waals surface area contributed by atoms with E-state index in [4.69, 9.17) is 0 Å². The zero-order chi connectivity index (χ0) is 23.1. The van der Waals surface area contributed by atoms with Gasteiger partial charge in [0.05, 0.1) is 5.25 Å². The molecule has 3 aromatic carbocycles. The third-order valence-corrected chi connectivity index (χ3v) is 5.94. The lowest BCUT2D eigenvalue weighted by atomic mass is 9.98. The molecule has 0 radical (unpaired) electrons. The maximum absolute atomic E-state index is 13.3. The highest BCUT2D eigenvalue weighted by Gasteiger charge is 2.28. The molecule has 0 spiro atoms. The van der Waals surface area contributed by atoms with Crippen molar-refractivity contribution in [3.05, 3.63) is 83.9 Å². The van der Waals surface area contributed by atoms with Crippen LogP contribution in [0.3, 0.4) is 0 Å². The van der Waals surface area contributed by atoms with Crippen molar-refractivity contribution in [3.63, 3.8) is 0 Å². The van der Waals surface area contributed by atoms with Crippen molar-refractivity contribution in [1.29, 1.82) is 0 Å². The number of rotatable bonds is 9. The van der Waals surface area contributed by atoms with Gasteiger partial charge in [-0.1, -0.05) is 84.6 Å². The summed E-state index contributed by atoms with van der Waals surface area (Å²) in [6.45, 7) is 1.33. The molecule has 7 heteroatoms. The number of ketones is 1. The topological polar surface area (TPSA) is 101 Å². The molecule has 0 heterocycles. The zero-order valence-electron chi connectivity index (χ0n) is 17.5. The standard InChI is InChI=1S/C25H23NO5S/c1-16(27)32-22(24(29)20-13-7-11-18-10-5-6-12-19(18)20)15-23(28)26-21(25(30)31)14-17-8-3-2-4-9-17/h2-13,21-22H,14-15H2,1H3,(H,26,28)(H,30,31). The SMILES string of the molecule is CC(=O)SC(CC(=O)NC(Cc1ccccc1)C(=O)O)C(=O)c1cccc2ccccc12. The summed E-state index contributed by atoms with van der Waals surface area (Å²) >= 11 is 0.782. The minimum atomic E-state index is -1.17. The maximum atomic E-state index is 13.3. The number of carbonyl (C=O) groups is 4. The van der Waals surface area contributed by atoms with E-state index < -0.39 is 23.2 Å². The molecule has 0 bridgehead atoms. The van der Waals surface area contributed by atoms with Gasteiger partial charge in [0.15, 0.2) is 10.9 Å². The maximum Gasteiger partial charge on any atom is 0.326 e. The van der Waals surface area contributed by atoms with E-state index in [1.165, 1.54) is 6.92 Å². The van der Waals surface area contributed by atoms with Gasteiger partial charge in [0.25, 0.3) is 0 Å². The second-order valence-corrected chi connectivity index (χ2v) is 8.72. The first-order chi connectivity index (χ1) is 15.3. The Kier molecular flexibility index (Phi) is 7.78. The lowest BCUT2D eigenvalue weighted by Gasteiger charge is -2.18. The monoisotopic (exact) mass is 449 g/mol. The largest absolute Gasteiger partial charge is 0.480 e. The lowest BCUT2D eigenvalue weighted by Crippen LogP contribution is -2.43. The summed E-state index contributed by atoms with van der Waals surface area (Å²) in [6.07, 6.45) is -0.186. The van der Waals surface area contributed by atoms with Gasteiger partial charge >= 0.3 is 5.97 Å². The third kappa shape index (κ3) is 6.04. The third-order valence-electron chi connectivity index (χ3n) is 4.94. The second-order valence-electron chi connectivity index (χ2n) is 7.34. The molecule has 2 N–H and O–H groups in total. The van der Waals surface area contributed by atoms with E-state index in [2.05, 4.69) is 5.32 Å². The fourth-order valence-corrected chi connectivity index (χ4v) is 4.34. The highest BCUT2D eigenvalue weighted by atomic mass is 32.2. The molecule has 0 fully saturated rings. The van der Waals surface area contributed by atoms with E-state index in [-0.39, 0.29) is 23.7 Å². The Labute approximate surface area is 190 Å². The van der Waals surface area contributed by atoms with E-state index in [1.807, 2.05) is 36.4 Å². The molecular formula is C25H23NO5S. The summed E-state index contributed by atoms with van der Waals surface area (Å²) in [4.78, 5) is 49.4. The number of carbonyl (C=O) groups excluding carboxylic acids is 3. The van der Waals surface area contributed by atoms with E-state index in [9.17, 15) is 24.3 Å². The summed E-state index contributed by atoms with van der Waals surface area (Å²) in [5.74, 6) is -2.11. The first-order valence-electron chi connectivity index (χ1n) is 10.1. The van der Waals surface area contributed by atoms with Gasteiger partial charge in [-0.2, -0.15) is 0 Å². The van der Waals surface area contributed by atoms with Crippen LogP contribution in [0.15, 0.2) is 72.8 Å². The van der Waals surface area contributed by atoms with Crippen molar-refractivity contribution in [3.8, 4) is 0 Å². The van der Waals surface area contributed by atoms with Crippen molar-refractivity contribution < 1.29 is 24.3 Å². The number of benzene rings is 3. The summed E-state index contributed by atoms with van der Waals surface area (Å²) in [6, 6.07) is 20.5. The number of thioether (sulfide) groups is 1. The number of amides is 1. The average Bonchev–Trinajstić information content (AvgIpc) is 2.77. The van der Waals surface area contributed by atoms with Crippen molar-refractivity contribution in [2.75, 3.05) is 0 Å². The van der Waals surface area contributed by atoms with Crippen molar-refractivity contribution in [2.45, 2.75) is 31.1 Å². The van der Waals surface area contributed by atoms with Gasteiger partial charge in [-0.3, -0.25) is 14.4 Å². The Morgan fingerprint density at radius 1 is 0.906 bits per heavy atom. The molecule has 164 valence electrons. The van der Waals surface area contributed by atoms with Crippen LogP contribution in [0.4, 0.5) is 0 Å². The van der Waals surface area contributed by atoms with Crippen LogP contribution in [0.5, 0.6) is 0 Å². The summed E-state index contributed by atoms with van der Waals surface area (Å²) < 4.78 is 0. The number of aliphatic carboxylic acids is 1. The Morgan fingerprint density at radius 3 is 2.25 bits per heavy atom. The molecule has 3 aromatic rings. The van der Waals surface area contributed by atoms with Crippen molar-refractivity contribution in [2.24, 2.45) is 0 Å². The summed E-state index contributed by atoms with van der Waals surface area (Å²) in [5, 5.41) is 12.4. The van der Waals surface area contributed by atoms with Gasteiger partial charge in [0, 0.05) is 25.3 Å². The summed E-state index contributed by atoms with van der Waals surface area (Å²) in [5.41, 5.74) is 1.19. The van der Waals surface area contributed by atoms with Gasteiger partial charge in [0.1, 0.15) is 6.04 Å². The Morgan fingerprint density at radius 2 is 1.56 bits per heavy atom. The molecule has 32 heavy (non-hydrogen) atoms. The van der Waals surface area contributed by atoms with E-state index in [0.29, 0.717) is 5.56 Å². The minimum Gasteiger partial charge on any atom is -0.480 e. The average molecular weight is 450 g/mol. The van der Waals surface area contributed by atoms with Crippen LogP contribution in [0.1, 0.15) is 29.3 Å². The first-order valence-corrected chi connectivity index (χ1v) is 11.0. The Bertz CT molecular complexity index is 1140. The van der Waals surface area contributed by atoms with Gasteiger partial charge < -0.3 is 10.4 Å². The van der Waals surface area contributed by atoms with Gasteiger partial charge in [-0.25, -0.2) is 4.79 Å². The number of carboxylic acid groups (broad SMARTS) is 1. The van der Waals surface area contributed by atoms with Crippen molar-refractivity contribution in [1.82, 2.24) is 5.32 Å². The highest BCUT2D eigenvalue weighted by molar-refractivity contribution is 8.14. The minimum absolute atomic E-state index is 0.115. The van der Waals surface area contributed by atoms with Crippen LogP contribution in [-0.2, 0) is 20.8 Å². The van der Waals surface area contributed by atoms with Gasteiger partial charge in [-0.15, -0.1) is 0 Å². The molecular weight excluding hydrogens is 426 g/mol. The fraction of sp³-hybridized carbons (Fsp3) is 0.200. The summed E-state index contributed by atoms with van der Waals surface area (Å²) in [7, 11) is 0. The van der Waals surface area contributed by atoms with Gasteiger partial charge in [0.2, 0.25) is 5.91 Å². The predicted molar refractivity (Wildman–Crippen MR) is 125 cm³/mol. The molecule has 0 saturated carbocycles. The van der Waals surface area contributed by atoms with E-state index >= 15 is 0 Å². The van der Waals surface area contributed by atoms with Gasteiger partial charge in [-0.05, 0) is 16.3 Å². The second kappa shape index (κ2) is 10.7. The van der Waals surface area contributed by atoms with Crippen LogP contribution in [0.25, 0.3) is 10.8 Å². The van der Waals surface area contributed by atoms with Crippen LogP contribution >= 0.6 is 11.8 Å². The molecule has 1 amide bonds. The number of hydrogen-bond acceptors (Lipinski definition) is 5. The molecule has 0 aliphatic heterocycles. The molecule has 6 nitrogen and oxygen atoms in total. The molecule has 0 aliphatic rings. The number of Topliss-reactive ketones (excluding diaryl/α,β-unsaturated/α-hetero) is 1. The molecule has 0 aromatic heterocycles. The Balaban J connectivity index is 1.78. The molecule has 3 rings (SSSR count). The van der Waals surface area contributed by atoms with Crippen LogP contribution < -0.4 is 5.32 Å². The van der Waals surface area contributed by atoms with Crippen LogP contribution in [-0.4, -0.2) is 39.2 Å². The molecule has 0 aliphatic carbocycles. The van der Waals surface area contributed by atoms with Crippen molar-refractivity contribution >= 4 is 45.3 Å². The number of fused-ring (bicyclic) bond motifs is 1. The number of nitrogens with one attached hydrogen (secondary N) is 1. The number of carboxylic acids is 1.